The molecule has 31 heavy (non-hydrogen) atoms. The highest BCUT2D eigenvalue weighted by Crippen LogP contribution is 2.30. The topological polar surface area (TPSA) is 101 Å². The molecule has 1 aromatic carbocycles. The summed E-state index contributed by atoms with van der Waals surface area (Å²) >= 11 is 5.94. The number of nitrogens with zero attached hydrogens (tertiary/aromatic N) is 3. The van der Waals surface area contributed by atoms with E-state index in [2.05, 4.69) is 5.32 Å². The van der Waals surface area contributed by atoms with Crippen LogP contribution in [0, 0.1) is 35.3 Å². The average molecular weight is 441 g/mol. The summed E-state index contributed by atoms with van der Waals surface area (Å²) in [6.07, 6.45) is 8.00. The van der Waals surface area contributed by atoms with Crippen LogP contribution in [0.1, 0.15) is 55.5 Å². The van der Waals surface area contributed by atoms with Crippen molar-refractivity contribution < 1.29 is 9.72 Å². The maximum atomic E-state index is 12.7. The first-order valence-corrected chi connectivity index (χ1v) is 10.8. The van der Waals surface area contributed by atoms with Gasteiger partial charge in [-0.2, -0.15) is 5.26 Å². The summed E-state index contributed by atoms with van der Waals surface area (Å²) in [5.41, 5.74) is 2.76. The Hall–Kier alpha value is -3.11. The minimum Gasteiger partial charge on any atom is -0.349 e. The zero-order chi connectivity index (χ0) is 22.5. The molecule has 162 valence electrons. The fraction of sp³-hybridized carbons (Fsp3) is 0.391. The molecular formula is C23H25ClN4O3. The van der Waals surface area contributed by atoms with Crippen molar-refractivity contribution in [1.82, 2.24) is 9.88 Å². The molecule has 7 nitrogen and oxygen atoms in total. The molecule has 1 aliphatic rings. The van der Waals surface area contributed by atoms with Crippen LogP contribution in [-0.4, -0.2) is 21.4 Å². The Morgan fingerprint density at radius 2 is 1.94 bits per heavy atom. The molecule has 0 saturated heterocycles. The molecule has 0 aliphatic heterocycles. The van der Waals surface area contributed by atoms with Crippen LogP contribution in [0.3, 0.4) is 0 Å². The number of nitrogens with one attached hydrogen (secondary N) is 1. The Labute approximate surface area is 186 Å². The van der Waals surface area contributed by atoms with Crippen molar-refractivity contribution in [3.8, 4) is 11.8 Å². The molecule has 1 fully saturated rings. The lowest BCUT2D eigenvalue weighted by Crippen LogP contribution is -2.35. The van der Waals surface area contributed by atoms with Crippen LogP contribution in [-0.2, 0) is 4.79 Å². The predicted octanol–water partition coefficient (Wildman–Crippen LogP) is 5.40. The summed E-state index contributed by atoms with van der Waals surface area (Å²) < 4.78 is 1.84. The van der Waals surface area contributed by atoms with Crippen molar-refractivity contribution in [2.75, 3.05) is 0 Å². The molecule has 0 unspecified atom stereocenters. The lowest BCUT2D eigenvalue weighted by Gasteiger charge is -2.15. The van der Waals surface area contributed by atoms with Gasteiger partial charge in [0.15, 0.2) is 0 Å². The third kappa shape index (κ3) is 5.15. The summed E-state index contributed by atoms with van der Waals surface area (Å²) in [6.45, 7) is 3.71. The van der Waals surface area contributed by atoms with Crippen LogP contribution in [0.25, 0.3) is 11.8 Å². The Bertz CT molecular complexity index is 1070. The number of hydrogen-bond donors (Lipinski definition) is 1. The Morgan fingerprint density at radius 1 is 1.26 bits per heavy atom. The number of nitro groups is 1. The molecule has 1 aromatic heterocycles. The molecule has 1 heterocycles. The van der Waals surface area contributed by atoms with Crippen molar-refractivity contribution in [3.63, 3.8) is 0 Å². The van der Waals surface area contributed by atoms with Crippen LogP contribution < -0.4 is 5.32 Å². The van der Waals surface area contributed by atoms with E-state index in [1.165, 1.54) is 25.0 Å². The van der Waals surface area contributed by atoms with Crippen LogP contribution >= 0.6 is 11.6 Å². The SMILES string of the molecule is Cc1cc(C=C(C#N)C(=O)NC2CCCCCC2)c(C)n1-c1ccc(Cl)c([N+](=O)[O-])c1. The second kappa shape index (κ2) is 9.80. The lowest BCUT2D eigenvalue weighted by atomic mass is 10.1. The molecule has 0 atom stereocenters. The summed E-state index contributed by atoms with van der Waals surface area (Å²) in [6, 6.07) is 8.58. The van der Waals surface area contributed by atoms with Gasteiger partial charge < -0.3 is 9.88 Å². The van der Waals surface area contributed by atoms with Gasteiger partial charge in [0, 0.05) is 23.5 Å². The van der Waals surface area contributed by atoms with E-state index >= 15 is 0 Å². The zero-order valence-corrected chi connectivity index (χ0v) is 18.4. The largest absolute Gasteiger partial charge is 0.349 e. The van der Waals surface area contributed by atoms with E-state index in [1.807, 2.05) is 30.6 Å². The number of rotatable bonds is 5. The second-order valence-corrected chi connectivity index (χ2v) is 8.29. The number of carbonyl (C=O) groups excluding carboxylic acids is 1. The number of halogens is 1. The fourth-order valence-corrected chi connectivity index (χ4v) is 4.29. The van der Waals surface area contributed by atoms with E-state index < -0.39 is 4.92 Å². The van der Waals surface area contributed by atoms with Gasteiger partial charge in [-0.25, -0.2) is 0 Å². The number of aromatic nitrogens is 1. The van der Waals surface area contributed by atoms with Gasteiger partial charge >= 0.3 is 0 Å². The highest BCUT2D eigenvalue weighted by molar-refractivity contribution is 6.32. The van der Waals surface area contributed by atoms with Gasteiger partial charge in [0.25, 0.3) is 11.6 Å². The molecule has 1 N–H and O–H groups in total. The molecular weight excluding hydrogens is 416 g/mol. The van der Waals surface area contributed by atoms with Crippen molar-refractivity contribution >= 4 is 29.3 Å². The third-order valence-corrected chi connectivity index (χ3v) is 6.03. The van der Waals surface area contributed by atoms with Crippen molar-refractivity contribution in [2.24, 2.45) is 0 Å². The third-order valence-electron chi connectivity index (χ3n) is 5.71. The Kier molecular flexibility index (Phi) is 7.13. The van der Waals surface area contributed by atoms with Crippen LogP contribution in [0.5, 0.6) is 0 Å². The molecule has 1 amide bonds. The lowest BCUT2D eigenvalue weighted by molar-refractivity contribution is -0.384. The van der Waals surface area contributed by atoms with E-state index in [4.69, 9.17) is 11.6 Å². The minimum absolute atomic E-state index is 0.0478. The molecule has 2 aromatic rings. The molecule has 3 rings (SSSR count). The van der Waals surface area contributed by atoms with E-state index in [0.29, 0.717) is 11.3 Å². The van der Waals surface area contributed by atoms with Crippen LogP contribution in [0.15, 0.2) is 29.8 Å². The normalized spacial score (nSPS) is 15.2. The molecule has 0 bridgehead atoms. The highest BCUT2D eigenvalue weighted by atomic mass is 35.5. The van der Waals surface area contributed by atoms with Gasteiger partial charge in [-0.15, -0.1) is 0 Å². The minimum atomic E-state index is -0.521. The highest BCUT2D eigenvalue weighted by Gasteiger charge is 2.20. The standard InChI is InChI=1S/C23H25ClN4O3/c1-15-11-17(12-18(14-25)23(29)26-19-7-5-3-4-6-8-19)16(2)27(15)20-9-10-21(24)22(13-20)28(30)31/h9-13,19H,3-8H2,1-2H3,(H,26,29). The maximum absolute atomic E-state index is 12.7. The van der Waals surface area contributed by atoms with Gasteiger partial charge in [-0.3, -0.25) is 14.9 Å². The number of hydrogen-bond acceptors (Lipinski definition) is 4. The number of aryl methyl sites for hydroxylation is 1. The molecule has 0 spiro atoms. The van der Waals surface area contributed by atoms with Gasteiger partial charge in [0.2, 0.25) is 0 Å². The quantitative estimate of drug-likeness (QED) is 0.221. The second-order valence-electron chi connectivity index (χ2n) is 7.89. The van der Waals surface area contributed by atoms with Gasteiger partial charge in [-0.05, 0) is 56.5 Å². The van der Waals surface area contributed by atoms with Crippen LogP contribution in [0.4, 0.5) is 5.69 Å². The van der Waals surface area contributed by atoms with E-state index in [1.54, 1.807) is 12.1 Å². The number of nitriles is 1. The maximum Gasteiger partial charge on any atom is 0.289 e. The molecule has 8 heteroatoms. The van der Waals surface area contributed by atoms with E-state index in [-0.39, 0.29) is 28.2 Å². The molecule has 0 radical (unpaired) electrons. The van der Waals surface area contributed by atoms with Gasteiger partial charge in [-0.1, -0.05) is 37.3 Å². The van der Waals surface area contributed by atoms with Crippen LogP contribution in [0.2, 0.25) is 5.02 Å². The first-order chi connectivity index (χ1) is 14.8. The van der Waals surface area contributed by atoms with E-state index in [0.717, 1.165) is 37.1 Å². The summed E-state index contributed by atoms with van der Waals surface area (Å²) in [5, 5.41) is 23.9. The molecule has 1 saturated carbocycles. The van der Waals surface area contributed by atoms with Gasteiger partial charge in [0.05, 0.1) is 10.6 Å². The Balaban J connectivity index is 1.90. The number of carbonyl (C=O) groups is 1. The summed E-state index contributed by atoms with van der Waals surface area (Å²) in [7, 11) is 0. The number of benzene rings is 1. The first kappa shape index (κ1) is 22.6. The van der Waals surface area contributed by atoms with Gasteiger partial charge in [0.1, 0.15) is 16.7 Å². The molecule has 1 aliphatic carbocycles. The van der Waals surface area contributed by atoms with Crippen molar-refractivity contribution in [1.29, 1.82) is 5.26 Å². The number of nitro benzene ring substituents is 1. The summed E-state index contributed by atoms with van der Waals surface area (Å²) in [4.78, 5) is 23.4. The number of amides is 1. The monoisotopic (exact) mass is 440 g/mol. The predicted molar refractivity (Wildman–Crippen MR) is 120 cm³/mol. The Morgan fingerprint density at radius 3 is 2.55 bits per heavy atom. The average Bonchev–Trinajstić information content (AvgIpc) is 2.89. The first-order valence-electron chi connectivity index (χ1n) is 10.4. The van der Waals surface area contributed by atoms with Crippen molar-refractivity contribution in [2.45, 2.75) is 58.4 Å². The van der Waals surface area contributed by atoms with E-state index in [9.17, 15) is 20.2 Å². The fourth-order valence-electron chi connectivity index (χ4n) is 4.10. The smallest absolute Gasteiger partial charge is 0.289 e. The zero-order valence-electron chi connectivity index (χ0n) is 17.7. The van der Waals surface area contributed by atoms with Crippen molar-refractivity contribution in [3.05, 3.63) is 61.9 Å². The summed E-state index contributed by atoms with van der Waals surface area (Å²) in [5.74, 6) is -0.360.